The molecule has 22 heavy (non-hydrogen) atoms. The van der Waals surface area contributed by atoms with E-state index in [1.807, 2.05) is 0 Å². The Bertz CT molecular complexity index is 482. The van der Waals surface area contributed by atoms with Gasteiger partial charge in [-0.2, -0.15) is 13.2 Å². The van der Waals surface area contributed by atoms with E-state index < -0.39 is 11.9 Å². The molecule has 0 saturated carbocycles. The summed E-state index contributed by atoms with van der Waals surface area (Å²) in [6.07, 6.45) is 1.05. The number of nitrogens with zero attached hydrogens (tertiary/aromatic N) is 2. The highest BCUT2D eigenvalue weighted by Crippen LogP contribution is 2.27. The van der Waals surface area contributed by atoms with Crippen LogP contribution in [0.4, 0.5) is 13.2 Å². The minimum absolute atomic E-state index is 0.144. The second kappa shape index (κ2) is 7.58. The smallest absolute Gasteiger partial charge is 0.352 e. The van der Waals surface area contributed by atoms with E-state index in [4.69, 9.17) is 0 Å². The average molecular weight is 315 g/mol. The molecule has 1 aliphatic heterocycles. The first-order valence-corrected chi connectivity index (χ1v) is 7.50. The molecule has 2 heterocycles. The van der Waals surface area contributed by atoms with Crippen LogP contribution in [-0.4, -0.2) is 42.0 Å². The number of rotatable bonds is 5. The fourth-order valence-electron chi connectivity index (χ4n) is 2.49. The van der Waals surface area contributed by atoms with Crippen molar-refractivity contribution in [3.05, 3.63) is 29.6 Å². The molecule has 1 aromatic rings. The van der Waals surface area contributed by atoms with Crippen LogP contribution < -0.4 is 5.32 Å². The topological polar surface area (TPSA) is 45.2 Å². The van der Waals surface area contributed by atoms with Crippen molar-refractivity contribution in [1.82, 2.24) is 15.2 Å². The van der Waals surface area contributed by atoms with Gasteiger partial charge in [0.1, 0.15) is 5.69 Å². The molecule has 1 N–H and O–H groups in total. The van der Waals surface area contributed by atoms with Crippen LogP contribution in [-0.2, 0) is 6.18 Å². The Hall–Kier alpha value is -1.63. The van der Waals surface area contributed by atoms with Crippen LogP contribution in [0.25, 0.3) is 0 Å². The van der Waals surface area contributed by atoms with E-state index in [-0.39, 0.29) is 11.5 Å². The maximum absolute atomic E-state index is 12.4. The van der Waals surface area contributed by atoms with Gasteiger partial charge in [0.25, 0.3) is 5.91 Å². The number of aromatic nitrogens is 1. The van der Waals surface area contributed by atoms with Crippen molar-refractivity contribution in [2.75, 3.05) is 26.2 Å². The number of alkyl halides is 3. The molecule has 1 saturated heterocycles. The fraction of sp³-hybridized carbons (Fsp3) is 0.600. The van der Waals surface area contributed by atoms with Gasteiger partial charge in [-0.15, -0.1) is 0 Å². The number of carbonyl (C=O) groups excluding carboxylic acids is 1. The molecule has 0 atom stereocenters. The van der Waals surface area contributed by atoms with Gasteiger partial charge in [-0.05, 0) is 51.0 Å². The molecule has 1 aromatic heterocycles. The average Bonchev–Trinajstić information content (AvgIpc) is 2.52. The zero-order valence-corrected chi connectivity index (χ0v) is 12.3. The van der Waals surface area contributed by atoms with Gasteiger partial charge in [0.15, 0.2) is 0 Å². The van der Waals surface area contributed by atoms with E-state index >= 15 is 0 Å². The van der Waals surface area contributed by atoms with Gasteiger partial charge in [-0.3, -0.25) is 9.78 Å². The zero-order valence-electron chi connectivity index (χ0n) is 12.3. The van der Waals surface area contributed by atoms with Crippen LogP contribution in [0.3, 0.4) is 0 Å². The highest BCUT2D eigenvalue weighted by Gasteiger charge is 2.32. The molecular formula is C15H20F3N3O. The van der Waals surface area contributed by atoms with Crippen LogP contribution in [0.1, 0.15) is 41.7 Å². The quantitative estimate of drug-likeness (QED) is 0.850. The molecule has 0 bridgehead atoms. The van der Waals surface area contributed by atoms with Crippen molar-refractivity contribution in [3.8, 4) is 0 Å². The van der Waals surface area contributed by atoms with Gasteiger partial charge in [0.2, 0.25) is 0 Å². The van der Waals surface area contributed by atoms with Crippen molar-refractivity contribution < 1.29 is 18.0 Å². The van der Waals surface area contributed by atoms with Gasteiger partial charge in [-0.1, -0.05) is 6.42 Å². The number of hydrogen-bond donors (Lipinski definition) is 1. The maximum atomic E-state index is 12.4. The number of pyridine rings is 1. The summed E-state index contributed by atoms with van der Waals surface area (Å²) in [4.78, 5) is 17.5. The van der Waals surface area contributed by atoms with Crippen LogP contribution in [0.5, 0.6) is 0 Å². The molecule has 0 aliphatic carbocycles. The first-order valence-electron chi connectivity index (χ1n) is 7.50. The van der Waals surface area contributed by atoms with E-state index in [9.17, 15) is 18.0 Å². The van der Waals surface area contributed by atoms with Crippen molar-refractivity contribution in [2.24, 2.45) is 0 Å². The third kappa shape index (κ3) is 4.98. The number of nitrogens with one attached hydrogen (secondary N) is 1. The highest BCUT2D eigenvalue weighted by atomic mass is 19.4. The normalized spacial score (nSPS) is 16.5. The number of amides is 1. The number of piperidine rings is 1. The summed E-state index contributed by atoms with van der Waals surface area (Å²) >= 11 is 0. The van der Waals surface area contributed by atoms with Crippen molar-refractivity contribution in [1.29, 1.82) is 0 Å². The molecule has 1 fully saturated rings. The summed E-state index contributed by atoms with van der Waals surface area (Å²) in [7, 11) is 0. The van der Waals surface area contributed by atoms with Gasteiger partial charge in [0, 0.05) is 12.7 Å². The lowest BCUT2D eigenvalue weighted by atomic mass is 10.1. The Labute approximate surface area is 127 Å². The monoisotopic (exact) mass is 315 g/mol. The van der Waals surface area contributed by atoms with E-state index in [0.717, 1.165) is 44.4 Å². The first kappa shape index (κ1) is 16.7. The molecule has 4 nitrogen and oxygen atoms in total. The summed E-state index contributed by atoms with van der Waals surface area (Å²) in [5.41, 5.74) is -0.847. The molecule has 0 aromatic carbocycles. The van der Waals surface area contributed by atoms with Crippen LogP contribution in [0.2, 0.25) is 0 Å². The van der Waals surface area contributed by atoms with E-state index in [1.165, 1.54) is 19.3 Å². The Balaban J connectivity index is 1.72. The van der Waals surface area contributed by atoms with E-state index in [1.54, 1.807) is 0 Å². The molecular weight excluding hydrogens is 295 g/mol. The minimum atomic E-state index is -4.48. The van der Waals surface area contributed by atoms with Crippen molar-refractivity contribution in [2.45, 2.75) is 31.9 Å². The molecule has 1 aliphatic rings. The summed E-state index contributed by atoms with van der Waals surface area (Å²) in [6.45, 7) is 3.66. The van der Waals surface area contributed by atoms with Crippen LogP contribution in [0.15, 0.2) is 18.3 Å². The largest absolute Gasteiger partial charge is 0.433 e. The molecule has 2 rings (SSSR count). The summed E-state index contributed by atoms with van der Waals surface area (Å²) in [5, 5.41) is 2.71. The molecule has 0 unspecified atom stereocenters. The van der Waals surface area contributed by atoms with Crippen molar-refractivity contribution in [3.63, 3.8) is 0 Å². The molecule has 7 heteroatoms. The minimum Gasteiger partial charge on any atom is -0.352 e. The maximum Gasteiger partial charge on any atom is 0.433 e. The third-order valence-electron chi connectivity index (χ3n) is 3.70. The molecule has 0 spiro atoms. The van der Waals surface area contributed by atoms with Gasteiger partial charge in [-0.25, -0.2) is 0 Å². The zero-order chi connectivity index (χ0) is 16.0. The van der Waals surface area contributed by atoms with Gasteiger partial charge in [0.05, 0.1) is 5.56 Å². The number of hydrogen-bond acceptors (Lipinski definition) is 3. The van der Waals surface area contributed by atoms with Crippen LogP contribution in [0, 0.1) is 0 Å². The third-order valence-corrected chi connectivity index (χ3v) is 3.70. The lowest BCUT2D eigenvalue weighted by Crippen LogP contribution is -2.33. The molecule has 122 valence electrons. The lowest BCUT2D eigenvalue weighted by molar-refractivity contribution is -0.141. The molecule has 0 radical (unpaired) electrons. The van der Waals surface area contributed by atoms with Crippen LogP contribution >= 0.6 is 0 Å². The Morgan fingerprint density at radius 3 is 2.55 bits per heavy atom. The first-order chi connectivity index (χ1) is 10.5. The van der Waals surface area contributed by atoms with E-state index in [2.05, 4.69) is 15.2 Å². The number of likely N-dealkylation sites (tertiary alicyclic amines) is 1. The molecule has 1 amide bonds. The second-order valence-corrected chi connectivity index (χ2v) is 5.44. The van der Waals surface area contributed by atoms with Gasteiger partial charge >= 0.3 is 6.18 Å². The Morgan fingerprint density at radius 2 is 1.95 bits per heavy atom. The second-order valence-electron chi connectivity index (χ2n) is 5.44. The number of halogens is 3. The summed E-state index contributed by atoms with van der Waals surface area (Å²) in [5.74, 6) is -0.389. The predicted molar refractivity (Wildman–Crippen MR) is 76.5 cm³/mol. The standard InChI is InChI=1S/C15H20F3N3O/c16-15(17,18)13-6-5-12(11-20-13)14(22)19-7-4-10-21-8-2-1-3-9-21/h5-6,11H,1-4,7-10H2,(H,19,22). The summed E-state index contributed by atoms with van der Waals surface area (Å²) in [6, 6.07) is 1.97. The van der Waals surface area contributed by atoms with Crippen molar-refractivity contribution >= 4 is 5.91 Å². The Kier molecular flexibility index (Phi) is 5.76. The predicted octanol–water partition coefficient (Wildman–Crippen LogP) is 2.71. The lowest BCUT2D eigenvalue weighted by Gasteiger charge is -2.26. The summed E-state index contributed by atoms with van der Waals surface area (Å²) < 4.78 is 37.1. The van der Waals surface area contributed by atoms with Gasteiger partial charge < -0.3 is 10.2 Å². The number of carbonyl (C=O) groups is 1. The van der Waals surface area contributed by atoms with E-state index in [0.29, 0.717) is 6.54 Å². The highest BCUT2D eigenvalue weighted by molar-refractivity contribution is 5.93. The SMILES string of the molecule is O=C(NCCCN1CCCCC1)c1ccc(C(F)(F)F)nc1. The fourth-order valence-corrected chi connectivity index (χ4v) is 2.49. The Morgan fingerprint density at radius 1 is 1.23 bits per heavy atom.